The summed E-state index contributed by atoms with van der Waals surface area (Å²) in [5, 5.41) is 14.3. The minimum absolute atomic E-state index is 0.0491. The Morgan fingerprint density at radius 2 is 1.71 bits per heavy atom. The number of benzene rings is 3. The summed E-state index contributed by atoms with van der Waals surface area (Å²) in [6, 6.07) is 20.2. The molecule has 1 aliphatic rings. The summed E-state index contributed by atoms with van der Waals surface area (Å²) >= 11 is 0. The number of anilines is 1. The maximum Gasteiger partial charge on any atom is 0.252 e. The van der Waals surface area contributed by atoms with Gasteiger partial charge in [-0.25, -0.2) is 0 Å². The Labute approximate surface area is 160 Å². The molecular formula is C22H16N4O2. The summed E-state index contributed by atoms with van der Waals surface area (Å²) < 4.78 is 0. The molecule has 0 radical (unpaired) electrons. The molecule has 1 aromatic heterocycles. The summed E-state index contributed by atoms with van der Waals surface area (Å²) in [5.74, 6) is -0.226. The Morgan fingerprint density at radius 1 is 0.929 bits per heavy atom. The van der Waals surface area contributed by atoms with Crippen molar-refractivity contribution in [2.24, 2.45) is 0 Å². The van der Waals surface area contributed by atoms with E-state index in [2.05, 4.69) is 20.8 Å². The molecule has 1 aliphatic carbocycles. The maximum atomic E-state index is 13.2. The van der Waals surface area contributed by atoms with Crippen molar-refractivity contribution in [2.45, 2.75) is 0 Å². The van der Waals surface area contributed by atoms with Crippen LogP contribution in [-0.2, 0) is 0 Å². The van der Waals surface area contributed by atoms with Crippen LogP contribution in [0.15, 0.2) is 66.7 Å². The van der Waals surface area contributed by atoms with Crippen LogP contribution < -0.4 is 10.6 Å². The van der Waals surface area contributed by atoms with Crippen LogP contribution in [-0.4, -0.2) is 28.6 Å². The number of aromatic nitrogens is 2. The van der Waals surface area contributed by atoms with Gasteiger partial charge < -0.3 is 10.6 Å². The van der Waals surface area contributed by atoms with E-state index < -0.39 is 0 Å². The number of rotatable bonds is 4. The first kappa shape index (κ1) is 16.3. The zero-order chi connectivity index (χ0) is 19.1. The Kier molecular flexibility index (Phi) is 3.69. The number of amides is 1. The van der Waals surface area contributed by atoms with Gasteiger partial charge in [-0.15, -0.1) is 0 Å². The Hall–Kier alpha value is -3.93. The van der Waals surface area contributed by atoms with Crippen molar-refractivity contribution < 1.29 is 9.59 Å². The standard InChI is InChI=1S/C22H16N4O2/c27-21-15-9-5-11-17-18(15)20(26-25-17)14-8-4-10-16(19(14)21)23-12-24-22(28)13-6-2-1-3-7-13/h1-11,23H,12H2,(H,24,28)(H,25,26). The van der Waals surface area contributed by atoms with E-state index in [0.717, 1.165) is 22.2 Å². The van der Waals surface area contributed by atoms with Gasteiger partial charge in [-0.1, -0.05) is 42.5 Å². The van der Waals surface area contributed by atoms with Crippen LogP contribution in [0.4, 0.5) is 5.69 Å². The molecule has 5 rings (SSSR count). The second-order valence-electron chi connectivity index (χ2n) is 6.58. The molecule has 0 fully saturated rings. The Morgan fingerprint density at radius 3 is 2.57 bits per heavy atom. The SMILES string of the molecule is O=C(NCNc1cccc2c1C(=O)c1cccc3[nH]nc-2c13)c1ccccc1. The number of nitrogens with one attached hydrogen (secondary N) is 3. The van der Waals surface area contributed by atoms with Gasteiger partial charge in [0.1, 0.15) is 5.69 Å². The highest BCUT2D eigenvalue weighted by Gasteiger charge is 2.29. The molecule has 0 saturated carbocycles. The summed E-state index contributed by atoms with van der Waals surface area (Å²) in [7, 11) is 0. The van der Waals surface area contributed by atoms with Gasteiger partial charge >= 0.3 is 0 Å². The minimum Gasteiger partial charge on any atom is -0.367 e. The molecule has 0 unspecified atom stereocenters. The summed E-state index contributed by atoms with van der Waals surface area (Å²) in [6.07, 6.45) is 0. The summed E-state index contributed by atoms with van der Waals surface area (Å²) in [6.45, 7) is 0.203. The predicted molar refractivity (Wildman–Crippen MR) is 107 cm³/mol. The molecule has 3 aromatic carbocycles. The second kappa shape index (κ2) is 6.35. The van der Waals surface area contributed by atoms with Gasteiger partial charge in [0, 0.05) is 27.8 Å². The third kappa shape index (κ3) is 2.46. The van der Waals surface area contributed by atoms with Gasteiger partial charge in [-0.2, -0.15) is 5.10 Å². The average Bonchev–Trinajstić information content (AvgIpc) is 3.17. The van der Waals surface area contributed by atoms with Crippen LogP contribution in [0.5, 0.6) is 0 Å². The van der Waals surface area contributed by atoms with Gasteiger partial charge in [-0.3, -0.25) is 14.7 Å². The fraction of sp³-hybridized carbons (Fsp3) is 0.0455. The fourth-order valence-electron chi connectivity index (χ4n) is 3.64. The molecule has 1 heterocycles. The van der Waals surface area contributed by atoms with Gasteiger partial charge in [-0.05, 0) is 24.3 Å². The van der Waals surface area contributed by atoms with E-state index in [4.69, 9.17) is 0 Å². The van der Waals surface area contributed by atoms with Gasteiger partial charge in [0.05, 0.1) is 17.7 Å². The molecule has 3 N–H and O–H groups in total. The third-order valence-corrected chi connectivity index (χ3v) is 4.94. The van der Waals surface area contributed by atoms with Crippen molar-refractivity contribution in [2.75, 3.05) is 12.0 Å². The molecule has 6 heteroatoms. The lowest BCUT2D eigenvalue weighted by Crippen LogP contribution is -2.29. The van der Waals surface area contributed by atoms with Crippen LogP contribution in [0.25, 0.3) is 22.2 Å². The number of carbonyl (C=O) groups excluding carboxylic acids is 2. The number of nitrogens with zero attached hydrogens (tertiary/aromatic N) is 1. The Balaban J connectivity index is 1.45. The maximum absolute atomic E-state index is 13.2. The normalized spacial score (nSPS) is 11.9. The number of aromatic amines is 1. The van der Waals surface area contributed by atoms with Crippen molar-refractivity contribution in [1.82, 2.24) is 15.5 Å². The monoisotopic (exact) mass is 368 g/mol. The molecule has 136 valence electrons. The topological polar surface area (TPSA) is 86.9 Å². The lowest BCUT2D eigenvalue weighted by atomic mass is 9.86. The van der Waals surface area contributed by atoms with E-state index >= 15 is 0 Å². The molecule has 0 spiro atoms. The van der Waals surface area contributed by atoms with Crippen molar-refractivity contribution >= 4 is 28.3 Å². The highest BCUT2D eigenvalue weighted by molar-refractivity contribution is 6.27. The second-order valence-corrected chi connectivity index (χ2v) is 6.58. The first-order valence-electron chi connectivity index (χ1n) is 8.96. The molecule has 4 aromatic rings. The van der Waals surface area contributed by atoms with E-state index in [9.17, 15) is 9.59 Å². The molecule has 6 nitrogen and oxygen atoms in total. The average molecular weight is 368 g/mol. The van der Waals surface area contributed by atoms with Crippen LogP contribution in [0.3, 0.4) is 0 Å². The van der Waals surface area contributed by atoms with Crippen molar-refractivity contribution in [3.05, 3.63) is 83.4 Å². The van der Waals surface area contributed by atoms with Crippen molar-refractivity contribution in [3.8, 4) is 11.3 Å². The summed E-state index contributed by atoms with van der Waals surface area (Å²) in [5.41, 5.74) is 4.87. The van der Waals surface area contributed by atoms with Gasteiger partial charge in [0.2, 0.25) is 0 Å². The minimum atomic E-state index is -0.177. The van der Waals surface area contributed by atoms with Crippen LogP contribution in [0.2, 0.25) is 0 Å². The quantitative estimate of drug-likeness (QED) is 0.423. The number of carbonyl (C=O) groups is 2. The zero-order valence-corrected chi connectivity index (χ0v) is 14.8. The Bertz CT molecular complexity index is 1230. The summed E-state index contributed by atoms with van der Waals surface area (Å²) in [4.78, 5) is 25.4. The van der Waals surface area contributed by atoms with Crippen LogP contribution >= 0.6 is 0 Å². The number of hydrogen-bond donors (Lipinski definition) is 3. The first-order valence-corrected chi connectivity index (χ1v) is 8.96. The number of H-pyrrole nitrogens is 1. The molecule has 28 heavy (non-hydrogen) atoms. The van der Waals surface area contributed by atoms with E-state index in [0.29, 0.717) is 22.4 Å². The molecule has 0 saturated heterocycles. The highest BCUT2D eigenvalue weighted by atomic mass is 16.1. The number of ketones is 1. The van der Waals surface area contributed by atoms with E-state index in [1.807, 2.05) is 54.6 Å². The number of fused-ring (bicyclic) bond motifs is 2. The lowest BCUT2D eigenvalue weighted by molar-refractivity contribution is 0.0956. The van der Waals surface area contributed by atoms with E-state index in [1.54, 1.807) is 12.1 Å². The van der Waals surface area contributed by atoms with E-state index in [1.165, 1.54) is 0 Å². The molecule has 0 atom stereocenters. The molecular weight excluding hydrogens is 352 g/mol. The van der Waals surface area contributed by atoms with Crippen molar-refractivity contribution in [1.29, 1.82) is 0 Å². The molecule has 0 aliphatic heterocycles. The lowest BCUT2D eigenvalue weighted by Gasteiger charge is -2.19. The van der Waals surface area contributed by atoms with Crippen molar-refractivity contribution in [3.63, 3.8) is 0 Å². The smallest absolute Gasteiger partial charge is 0.252 e. The van der Waals surface area contributed by atoms with E-state index in [-0.39, 0.29) is 18.4 Å². The predicted octanol–water partition coefficient (Wildman–Crippen LogP) is 3.57. The van der Waals surface area contributed by atoms with Crippen LogP contribution in [0, 0.1) is 0 Å². The van der Waals surface area contributed by atoms with Gasteiger partial charge in [0.15, 0.2) is 5.78 Å². The largest absolute Gasteiger partial charge is 0.367 e. The third-order valence-electron chi connectivity index (χ3n) is 4.94. The number of hydrogen-bond acceptors (Lipinski definition) is 4. The fourth-order valence-corrected chi connectivity index (χ4v) is 3.64. The zero-order valence-electron chi connectivity index (χ0n) is 14.8. The van der Waals surface area contributed by atoms with Crippen LogP contribution in [0.1, 0.15) is 26.3 Å². The molecule has 1 amide bonds. The first-order chi connectivity index (χ1) is 13.7. The highest BCUT2D eigenvalue weighted by Crippen LogP contribution is 2.40. The molecule has 0 bridgehead atoms. The van der Waals surface area contributed by atoms with Gasteiger partial charge in [0.25, 0.3) is 5.91 Å².